The normalized spacial score (nSPS) is 10.3. The number of carbonyl (C=O) groups is 1. The first-order chi connectivity index (χ1) is 8.63. The molecule has 2 N–H and O–H groups in total. The summed E-state index contributed by atoms with van der Waals surface area (Å²) in [6.07, 6.45) is 1.30. The van der Waals surface area contributed by atoms with E-state index in [4.69, 9.17) is 9.84 Å². The zero-order chi connectivity index (χ0) is 13.1. The van der Waals surface area contributed by atoms with Gasteiger partial charge in [0.1, 0.15) is 11.3 Å². The second-order valence-corrected chi connectivity index (χ2v) is 3.90. The number of aryl methyl sites for hydroxylation is 1. The van der Waals surface area contributed by atoms with Crippen LogP contribution >= 0.6 is 0 Å². The lowest BCUT2D eigenvalue weighted by Gasteiger charge is -2.10. The second-order valence-electron chi connectivity index (χ2n) is 3.90. The third kappa shape index (κ3) is 2.20. The molecule has 0 amide bonds. The van der Waals surface area contributed by atoms with E-state index in [0.29, 0.717) is 23.6 Å². The number of H-pyrrole nitrogens is 1. The molecule has 1 aromatic heterocycles. The van der Waals surface area contributed by atoms with Crippen molar-refractivity contribution in [3.63, 3.8) is 0 Å². The van der Waals surface area contributed by atoms with Crippen LogP contribution in [0.4, 0.5) is 0 Å². The standard InChI is InChI=1S/C13H14N2O3/c1-3-18-11-6-8(2)4-5-9(11)12-10(13(16)17)7-14-15-12/h4-7H,3H2,1-2H3,(H,14,15)(H,16,17). The number of carboxylic acids is 1. The van der Waals surface area contributed by atoms with E-state index >= 15 is 0 Å². The van der Waals surface area contributed by atoms with Gasteiger partial charge >= 0.3 is 5.97 Å². The molecule has 0 saturated heterocycles. The molecule has 2 rings (SSSR count). The number of hydrogen-bond donors (Lipinski definition) is 2. The maximum absolute atomic E-state index is 11.1. The van der Waals surface area contributed by atoms with Crippen molar-refractivity contribution in [1.29, 1.82) is 0 Å². The van der Waals surface area contributed by atoms with Gasteiger partial charge in [-0.3, -0.25) is 5.10 Å². The predicted octanol–water partition coefficient (Wildman–Crippen LogP) is 2.48. The fraction of sp³-hybridized carbons (Fsp3) is 0.231. The van der Waals surface area contributed by atoms with Crippen LogP contribution in [0.1, 0.15) is 22.8 Å². The third-order valence-electron chi connectivity index (χ3n) is 2.58. The average Bonchev–Trinajstić information content (AvgIpc) is 2.78. The van der Waals surface area contributed by atoms with E-state index < -0.39 is 5.97 Å². The number of nitrogens with one attached hydrogen (secondary N) is 1. The molecule has 0 unspecified atom stereocenters. The summed E-state index contributed by atoms with van der Waals surface area (Å²) in [5.41, 5.74) is 2.36. The molecule has 0 radical (unpaired) electrons. The summed E-state index contributed by atoms with van der Waals surface area (Å²) >= 11 is 0. The predicted molar refractivity (Wildman–Crippen MR) is 66.9 cm³/mol. The first-order valence-corrected chi connectivity index (χ1v) is 5.64. The van der Waals surface area contributed by atoms with Crippen LogP contribution < -0.4 is 4.74 Å². The maximum Gasteiger partial charge on any atom is 0.339 e. The van der Waals surface area contributed by atoms with Gasteiger partial charge in [-0.05, 0) is 31.5 Å². The highest BCUT2D eigenvalue weighted by Gasteiger charge is 2.17. The molecular formula is C13H14N2O3. The quantitative estimate of drug-likeness (QED) is 0.869. The molecule has 2 aromatic rings. The molecule has 1 heterocycles. The van der Waals surface area contributed by atoms with Crippen molar-refractivity contribution in [2.45, 2.75) is 13.8 Å². The van der Waals surface area contributed by atoms with Crippen LogP contribution in [0.5, 0.6) is 5.75 Å². The fourth-order valence-corrected chi connectivity index (χ4v) is 1.76. The van der Waals surface area contributed by atoms with Crippen LogP contribution in [0.25, 0.3) is 11.3 Å². The second kappa shape index (κ2) is 4.91. The number of hydrogen-bond acceptors (Lipinski definition) is 3. The van der Waals surface area contributed by atoms with Gasteiger partial charge in [-0.2, -0.15) is 5.10 Å². The Labute approximate surface area is 104 Å². The van der Waals surface area contributed by atoms with Gasteiger partial charge in [-0.1, -0.05) is 6.07 Å². The monoisotopic (exact) mass is 246 g/mol. The molecule has 0 atom stereocenters. The van der Waals surface area contributed by atoms with Gasteiger partial charge in [-0.15, -0.1) is 0 Å². The van der Waals surface area contributed by atoms with Gasteiger partial charge in [-0.25, -0.2) is 4.79 Å². The van der Waals surface area contributed by atoms with E-state index in [1.54, 1.807) is 0 Å². The summed E-state index contributed by atoms with van der Waals surface area (Å²) in [6, 6.07) is 5.62. The van der Waals surface area contributed by atoms with E-state index in [1.165, 1.54) is 6.20 Å². The molecule has 0 aliphatic rings. The van der Waals surface area contributed by atoms with E-state index in [0.717, 1.165) is 5.56 Å². The van der Waals surface area contributed by atoms with Crippen LogP contribution in [0, 0.1) is 6.92 Å². The van der Waals surface area contributed by atoms with Crippen LogP contribution in [-0.4, -0.2) is 27.9 Å². The summed E-state index contributed by atoms with van der Waals surface area (Å²) in [5.74, 6) is -0.356. The lowest BCUT2D eigenvalue weighted by molar-refractivity contribution is 0.0698. The minimum absolute atomic E-state index is 0.139. The molecular weight excluding hydrogens is 232 g/mol. The zero-order valence-electron chi connectivity index (χ0n) is 10.2. The number of ether oxygens (including phenoxy) is 1. The number of aromatic nitrogens is 2. The summed E-state index contributed by atoms with van der Waals surface area (Å²) in [5, 5.41) is 15.6. The SMILES string of the molecule is CCOc1cc(C)ccc1-c1[nH]ncc1C(=O)O. The van der Waals surface area contributed by atoms with Gasteiger partial charge in [0.05, 0.1) is 18.5 Å². The summed E-state index contributed by atoms with van der Waals surface area (Å²) in [4.78, 5) is 11.1. The highest BCUT2D eigenvalue weighted by Crippen LogP contribution is 2.31. The smallest absolute Gasteiger partial charge is 0.339 e. The van der Waals surface area contributed by atoms with E-state index in [2.05, 4.69) is 10.2 Å². The van der Waals surface area contributed by atoms with E-state index in [1.807, 2.05) is 32.0 Å². The topological polar surface area (TPSA) is 75.2 Å². The van der Waals surface area contributed by atoms with Crippen molar-refractivity contribution in [2.24, 2.45) is 0 Å². The molecule has 0 fully saturated rings. The van der Waals surface area contributed by atoms with Crippen LogP contribution in [-0.2, 0) is 0 Å². The van der Waals surface area contributed by atoms with Crippen LogP contribution in [0.2, 0.25) is 0 Å². The molecule has 0 aliphatic heterocycles. The Morgan fingerprint density at radius 1 is 1.50 bits per heavy atom. The minimum Gasteiger partial charge on any atom is -0.493 e. The highest BCUT2D eigenvalue weighted by molar-refractivity contribution is 5.95. The number of aromatic amines is 1. The molecule has 0 saturated carbocycles. The molecule has 0 aliphatic carbocycles. The molecule has 0 bridgehead atoms. The van der Waals surface area contributed by atoms with Crippen molar-refractivity contribution in [3.8, 4) is 17.0 Å². The van der Waals surface area contributed by atoms with Crippen molar-refractivity contribution in [1.82, 2.24) is 10.2 Å². The molecule has 5 nitrogen and oxygen atoms in total. The van der Waals surface area contributed by atoms with Gasteiger partial charge in [0.15, 0.2) is 0 Å². The highest BCUT2D eigenvalue weighted by atomic mass is 16.5. The lowest BCUT2D eigenvalue weighted by atomic mass is 10.1. The Balaban J connectivity index is 2.56. The number of nitrogens with zero attached hydrogens (tertiary/aromatic N) is 1. The molecule has 5 heteroatoms. The summed E-state index contributed by atoms with van der Waals surface area (Å²) in [6.45, 7) is 4.36. The first kappa shape index (κ1) is 12.2. The zero-order valence-corrected chi connectivity index (χ0v) is 10.2. The largest absolute Gasteiger partial charge is 0.493 e. The molecule has 94 valence electrons. The lowest BCUT2D eigenvalue weighted by Crippen LogP contribution is -2.00. The maximum atomic E-state index is 11.1. The number of rotatable bonds is 4. The Kier molecular flexibility index (Phi) is 3.32. The third-order valence-corrected chi connectivity index (χ3v) is 2.58. The molecule has 0 spiro atoms. The Hall–Kier alpha value is -2.30. The van der Waals surface area contributed by atoms with Gasteiger partial charge in [0, 0.05) is 5.56 Å². The molecule has 1 aromatic carbocycles. The van der Waals surface area contributed by atoms with Crippen LogP contribution in [0.3, 0.4) is 0 Å². The van der Waals surface area contributed by atoms with Crippen molar-refractivity contribution in [2.75, 3.05) is 6.61 Å². The molecule has 18 heavy (non-hydrogen) atoms. The number of carboxylic acid groups (broad SMARTS) is 1. The van der Waals surface area contributed by atoms with E-state index in [9.17, 15) is 4.79 Å². The Morgan fingerprint density at radius 2 is 2.28 bits per heavy atom. The van der Waals surface area contributed by atoms with E-state index in [-0.39, 0.29) is 5.56 Å². The summed E-state index contributed by atoms with van der Waals surface area (Å²) < 4.78 is 5.54. The average molecular weight is 246 g/mol. The van der Waals surface area contributed by atoms with Crippen molar-refractivity contribution in [3.05, 3.63) is 35.5 Å². The van der Waals surface area contributed by atoms with Crippen molar-refractivity contribution < 1.29 is 14.6 Å². The first-order valence-electron chi connectivity index (χ1n) is 5.64. The Morgan fingerprint density at radius 3 is 2.94 bits per heavy atom. The van der Waals surface area contributed by atoms with Crippen LogP contribution in [0.15, 0.2) is 24.4 Å². The number of aromatic carboxylic acids is 1. The summed E-state index contributed by atoms with van der Waals surface area (Å²) in [7, 11) is 0. The minimum atomic E-state index is -1.01. The van der Waals surface area contributed by atoms with Gasteiger partial charge < -0.3 is 9.84 Å². The van der Waals surface area contributed by atoms with Gasteiger partial charge in [0.25, 0.3) is 0 Å². The van der Waals surface area contributed by atoms with Crippen molar-refractivity contribution >= 4 is 5.97 Å². The Bertz CT molecular complexity index is 575. The fourth-order valence-electron chi connectivity index (χ4n) is 1.76. The number of benzene rings is 1. The van der Waals surface area contributed by atoms with Gasteiger partial charge in [0.2, 0.25) is 0 Å².